The zero-order valence-corrected chi connectivity index (χ0v) is 7.29. The van der Waals surface area contributed by atoms with Gasteiger partial charge in [-0.25, -0.2) is 0 Å². The minimum absolute atomic E-state index is 0.0664. The molecule has 0 spiro atoms. The SMILES string of the molecule is CC1C(=O)C2=C(OCOC2)C1C. The predicted molar refractivity (Wildman–Crippen MR) is 42.3 cm³/mol. The highest BCUT2D eigenvalue weighted by atomic mass is 16.7. The average Bonchev–Trinajstić information content (AvgIpc) is 2.33. The van der Waals surface area contributed by atoms with Crippen molar-refractivity contribution in [2.75, 3.05) is 13.4 Å². The third-order valence-corrected chi connectivity index (χ3v) is 2.72. The fourth-order valence-electron chi connectivity index (χ4n) is 1.73. The van der Waals surface area contributed by atoms with Crippen LogP contribution in [0.4, 0.5) is 0 Å². The molecule has 0 fully saturated rings. The van der Waals surface area contributed by atoms with Gasteiger partial charge >= 0.3 is 0 Å². The van der Waals surface area contributed by atoms with E-state index in [4.69, 9.17) is 9.47 Å². The van der Waals surface area contributed by atoms with Gasteiger partial charge in [-0.1, -0.05) is 13.8 Å². The van der Waals surface area contributed by atoms with Gasteiger partial charge in [-0.15, -0.1) is 0 Å². The second-order valence-electron chi connectivity index (χ2n) is 3.40. The monoisotopic (exact) mass is 168 g/mol. The molecule has 3 nitrogen and oxygen atoms in total. The van der Waals surface area contributed by atoms with E-state index in [0.717, 1.165) is 11.3 Å². The van der Waals surface area contributed by atoms with Crippen molar-refractivity contribution < 1.29 is 14.3 Å². The Bertz CT molecular complexity index is 254. The normalized spacial score (nSPS) is 35.0. The van der Waals surface area contributed by atoms with Crippen molar-refractivity contribution in [2.45, 2.75) is 13.8 Å². The number of ether oxygens (including phenoxy) is 2. The number of Topliss-reactive ketones (excluding diaryl/α,β-unsaturated/α-hetero) is 1. The quantitative estimate of drug-likeness (QED) is 0.543. The Morgan fingerprint density at radius 2 is 2.08 bits per heavy atom. The van der Waals surface area contributed by atoms with E-state index >= 15 is 0 Å². The maximum absolute atomic E-state index is 11.5. The third-order valence-electron chi connectivity index (χ3n) is 2.72. The van der Waals surface area contributed by atoms with Crippen LogP contribution >= 0.6 is 0 Å². The highest BCUT2D eigenvalue weighted by molar-refractivity contribution is 6.00. The van der Waals surface area contributed by atoms with Crippen molar-refractivity contribution in [3.05, 3.63) is 11.3 Å². The third kappa shape index (κ3) is 0.894. The number of rotatable bonds is 0. The first-order chi connectivity index (χ1) is 5.72. The molecule has 0 saturated carbocycles. The van der Waals surface area contributed by atoms with Crippen LogP contribution in [0.25, 0.3) is 0 Å². The Hall–Kier alpha value is -0.830. The molecule has 12 heavy (non-hydrogen) atoms. The van der Waals surface area contributed by atoms with E-state index < -0.39 is 0 Å². The van der Waals surface area contributed by atoms with Gasteiger partial charge < -0.3 is 9.47 Å². The molecule has 0 saturated heterocycles. The van der Waals surface area contributed by atoms with Crippen LogP contribution in [0, 0.1) is 11.8 Å². The minimum atomic E-state index is 0.0664. The molecule has 2 atom stereocenters. The summed E-state index contributed by atoms with van der Waals surface area (Å²) in [7, 11) is 0. The molecule has 1 heterocycles. The second-order valence-corrected chi connectivity index (χ2v) is 3.40. The molecule has 0 radical (unpaired) electrons. The zero-order valence-electron chi connectivity index (χ0n) is 7.29. The Balaban J connectivity index is 2.35. The van der Waals surface area contributed by atoms with Crippen molar-refractivity contribution in [3.8, 4) is 0 Å². The largest absolute Gasteiger partial charge is 0.471 e. The summed E-state index contributed by atoms with van der Waals surface area (Å²) in [6, 6.07) is 0. The van der Waals surface area contributed by atoms with E-state index in [1.54, 1.807) is 0 Å². The van der Waals surface area contributed by atoms with Crippen LogP contribution in [0.2, 0.25) is 0 Å². The van der Waals surface area contributed by atoms with Crippen molar-refractivity contribution in [1.82, 2.24) is 0 Å². The smallest absolute Gasteiger partial charge is 0.188 e. The number of ketones is 1. The Morgan fingerprint density at radius 3 is 2.75 bits per heavy atom. The lowest BCUT2D eigenvalue weighted by Gasteiger charge is -2.17. The molecule has 66 valence electrons. The number of carbonyl (C=O) groups is 1. The highest BCUT2D eigenvalue weighted by Gasteiger charge is 2.39. The van der Waals surface area contributed by atoms with Crippen molar-refractivity contribution in [3.63, 3.8) is 0 Å². The van der Waals surface area contributed by atoms with E-state index in [0.29, 0.717) is 13.4 Å². The molecular formula is C9H12O3. The summed E-state index contributed by atoms with van der Waals surface area (Å²) in [4.78, 5) is 11.5. The number of hydrogen-bond donors (Lipinski definition) is 0. The van der Waals surface area contributed by atoms with Crippen LogP contribution in [-0.4, -0.2) is 19.2 Å². The summed E-state index contributed by atoms with van der Waals surface area (Å²) in [6.45, 7) is 4.69. The summed E-state index contributed by atoms with van der Waals surface area (Å²) in [6.07, 6.45) is 0. The summed E-state index contributed by atoms with van der Waals surface area (Å²) < 4.78 is 10.3. The Labute approximate surface area is 71.3 Å². The molecule has 2 rings (SSSR count). The van der Waals surface area contributed by atoms with E-state index in [-0.39, 0.29) is 17.6 Å². The molecule has 0 aromatic rings. The molecule has 3 heteroatoms. The molecule has 1 aliphatic heterocycles. The molecule has 2 unspecified atom stereocenters. The molecule has 0 aromatic heterocycles. The maximum Gasteiger partial charge on any atom is 0.188 e. The Kier molecular flexibility index (Phi) is 1.68. The van der Waals surface area contributed by atoms with Crippen molar-refractivity contribution >= 4 is 5.78 Å². The lowest BCUT2D eigenvalue weighted by Crippen LogP contribution is -2.15. The van der Waals surface area contributed by atoms with Crippen molar-refractivity contribution in [1.29, 1.82) is 0 Å². The molecule has 0 aromatic carbocycles. The van der Waals surface area contributed by atoms with Gasteiger partial charge in [-0.05, 0) is 0 Å². The fourth-order valence-corrected chi connectivity index (χ4v) is 1.73. The van der Waals surface area contributed by atoms with Gasteiger partial charge in [0.2, 0.25) is 0 Å². The summed E-state index contributed by atoms with van der Waals surface area (Å²) in [5.41, 5.74) is 0.751. The molecule has 0 amide bonds. The zero-order chi connectivity index (χ0) is 8.72. The van der Waals surface area contributed by atoms with E-state index in [2.05, 4.69) is 0 Å². The fraction of sp³-hybridized carbons (Fsp3) is 0.667. The van der Waals surface area contributed by atoms with Gasteiger partial charge in [0.15, 0.2) is 12.6 Å². The van der Waals surface area contributed by atoms with Crippen LogP contribution in [0.5, 0.6) is 0 Å². The van der Waals surface area contributed by atoms with E-state index in [1.807, 2.05) is 13.8 Å². The summed E-state index contributed by atoms with van der Waals surface area (Å²) in [5.74, 6) is 1.35. The molecule has 0 N–H and O–H groups in total. The molecule has 1 aliphatic carbocycles. The predicted octanol–water partition coefficient (Wildman–Crippen LogP) is 1.10. The van der Waals surface area contributed by atoms with Crippen LogP contribution in [-0.2, 0) is 14.3 Å². The Morgan fingerprint density at radius 1 is 1.33 bits per heavy atom. The van der Waals surface area contributed by atoms with Crippen molar-refractivity contribution in [2.24, 2.45) is 11.8 Å². The second kappa shape index (κ2) is 2.59. The summed E-state index contributed by atoms with van der Waals surface area (Å²) >= 11 is 0. The molecular weight excluding hydrogens is 156 g/mol. The van der Waals surface area contributed by atoms with Crippen LogP contribution in [0.3, 0.4) is 0 Å². The van der Waals surface area contributed by atoms with Gasteiger partial charge in [0.05, 0.1) is 12.2 Å². The number of hydrogen-bond acceptors (Lipinski definition) is 3. The van der Waals surface area contributed by atoms with Gasteiger partial charge in [-0.3, -0.25) is 4.79 Å². The topological polar surface area (TPSA) is 35.5 Å². The summed E-state index contributed by atoms with van der Waals surface area (Å²) in [5, 5.41) is 0. The minimum Gasteiger partial charge on any atom is -0.471 e. The van der Waals surface area contributed by atoms with Gasteiger partial charge in [0, 0.05) is 11.8 Å². The first-order valence-electron chi connectivity index (χ1n) is 4.19. The lowest BCUT2D eigenvalue weighted by atomic mass is 9.98. The maximum atomic E-state index is 11.5. The van der Waals surface area contributed by atoms with Gasteiger partial charge in [-0.2, -0.15) is 0 Å². The van der Waals surface area contributed by atoms with E-state index in [9.17, 15) is 4.79 Å². The molecule has 2 aliphatic rings. The number of carbonyl (C=O) groups excluding carboxylic acids is 1. The van der Waals surface area contributed by atoms with Crippen LogP contribution < -0.4 is 0 Å². The highest BCUT2D eigenvalue weighted by Crippen LogP contribution is 2.36. The van der Waals surface area contributed by atoms with Crippen LogP contribution in [0.15, 0.2) is 11.3 Å². The standard InChI is InChI=1S/C9H12O3/c1-5-6(2)9-7(8(5)10)3-11-4-12-9/h5-6H,3-4H2,1-2H3. The average molecular weight is 168 g/mol. The molecule has 0 bridgehead atoms. The lowest BCUT2D eigenvalue weighted by molar-refractivity contribution is -0.119. The van der Waals surface area contributed by atoms with Gasteiger partial charge in [0.25, 0.3) is 0 Å². The number of allylic oxidation sites excluding steroid dienone is 1. The first kappa shape index (κ1) is 7.80. The van der Waals surface area contributed by atoms with Crippen LogP contribution in [0.1, 0.15) is 13.8 Å². The first-order valence-corrected chi connectivity index (χ1v) is 4.19. The van der Waals surface area contributed by atoms with Gasteiger partial charge in [0.1, 0.15) is 5.76 Å². The van der Waals surface area contributed by atoms with E-state index in [1.165, 1.54) is 0 Å².